The van der Waals surface area contributed by atoms with Crippen LogP contribution in [0.5, 0.6) is 0 Å². The highest BCUT2D eigenvalue weighted by Gasteiger charge is 2.57. The van der Waals surface area contributed by atoms with E-state index in [1.807, 2.05) is 57.2 Å². The highest BCUT2D eigenvalue weighted by atomic mass is 16.6. The number of hydrogen-bond donors (Lipinski definition) is 2. The number of Topliss-reactive ketones (excluding diaryl/α,β-unsaturated/α-hetero) is 2. The summed E-state index contributed by atoms with van der Waals surface area (Å²) in [7, 11) is 0. The first-order valence-electron chi connectivity index (χ1n) is 41.8. The molecule has 0 saturated carbocycles. The van der Waals surface area contributed by atoms with Crippen molar-refractivity contribution in [3.63, 3.8) is 0 Å². The smallest absolute Gasteiger partial charge is 0.411 e. The molecule has 0 unspecified atom stereocenters. The average Bonchev–Trinajstić information content (AvgIpc) is 0.752. The van der Waals surface area contributed by atoms with Crippen LogP contribution in [0.4, 0.5) is 28.8 Å². The Morgan fingerprint density at radius 1 is 0.408 bits per heavy atom. The van der Waals surface area contributed by atoms with E-state index >= 15 is 0 Å². The fourth-order valence-corrected chi connectivity index (χ4v) is 14.3. The highest BCUT2D eigenvalue weighted by molar-refractivity contribution is 6.11. The number of likely N-dealkylation sites (tertiary alicyclic amines) is 1. The molecule has 4 fully saturated rings. The third-order valence-electron chi connectivity index (χ3n) is 20.2. The number of carbonyl (C=O) groups is 14. The Hall–Kier alpha value is -12.3. The van der Waals surface area contributed by atoms with Gasteiger partial charge in [-0.15, -0.1) is 26.3 Å². The van der Waals surface area contributed by atoms with Crippen molar-refractivity contribution in [3.05, 3.63) is 193 Å². The predicted molar refractivity (Wildman–Crippen MR) is 505 cm³/mol. The number of nitrogens with one attached hydrogen (secondary N) is 2. The van der Waals surface area contributed by atoms with E-state index in [-0.39, 0.29) is 159 Å². The summed E-state index contributed by atoms with van der Waals surface area (Å²) in [6, 6.07) is 32.0. The zero-order valence-electron chi connectivity index (χ0n) is 76.3. The largest absolute Gasteiger partial charge is 0.445 e. The number of hydrogen-bond acceptors (Lipinski definition) is 21. The third-order valence-corrected chi connectivity index (χ3v) is 20.2. The average molecular weight is 1810 g/mol. The van der Waals surface area contributed by atoms with Crippen molar-refractivity contribution in [3.8, 4) is 6.07 Å². The van der Waals surface area contributed by atoms with Gasteiger partial charge in [0.15, 0.2) is 5.78 Å². The summed E-state index contributed by atoms with van der Waals surface area (Å²) in [5, 5.41) is 14.4. The molecule has 2 N–H and O–H groups in total. The standard InChI is InChI=1S/C29H35N3O6.C24H32N2O5.C23H29N3O4.C19H32N2O5.5CH4/c1-6-16-29(20-30-26(35)37-19-22-10-8-7-9-11-22)25(34)31(24(33)23-14-12-21(2)13-15-23)17-18-32(29)27(36)38-28(3,4)5;1-7-13-24(14-12-18(3)27)21(29)25(20(28)19-10-8-17(2)9-11-19)15-16-26(24)22(30)31-23(4,5)6;1-6-12-23(13-7-14-24)20(28)25(19(27)18-10-8-17(2)9-11-18)15-16-26(23)21(29)30-22(3,4)5;1-8-11-19(13-20-15(23)25-17(2,3)4)14(22)10-9-12-21(19)16(24)26-18(5,6)7;;;;;/h6-15H,1,16-20H2,2-5H3,(H,30,35);7-11H,1,12-16H2,2-6H3;6,8-11H,1,7,12-13,15-16H2,2-5H3;8H,1,9-13H2,2-7H3,(H,20,23);5*1H4/t29-;24-;23-;19-;;;;;/m1111...../s1. The lowest BCUT2D eigenvalue weighted by Gasteiger charge is -2.48. The number of nitriles is 1. The molecule has 12 amide bonds. The molecule has 4 aliphatic heterocycles. The van der Waals surface area contributed by atoms with Gasteiger partial charge in [0.2, 0.25) is 0 Å². The van der Waals surface area contributed by atoms with Gasteiger partial charge in [-0.1, -0.05) is 145 Å². The maximum Gasteiger partial charge on any atom is 0.411 e. The van der Waals surface area contributed by atoms with Gasteiger partial charge in [0.1, 0.15) is 62.6 Å². The molecule has 130 heavy (non-hydrogen) atoms. The van der Waals surface area contributed by atoms with Crippen molar-refractivity contribution in [1.82, 2.24) is 44.9 Å². The van der Waals surface area contributed by atoms with E-state index in [1.165, 1.54) is 54.6 Å². The molecule has 4 heterocycles. The maximum absolute atomic E-state index is 14.0. The first-order valence-corrected chi connectivity index (χ1v) is 41.8. The van der Waals surface area contributed by atoms with Gasteiger partial charge < -0.3 is 43.8 Å². The van der Waals surface area contributed by atoms with Crippen LogP contribution in [0.15, 0.2) is 154 Å². The number of rotatable bonds is 22. The van der Waals surface area contributed by atoms with Crippen LogP contribution in [0.25, 0.3) is 0 Å². The maximum atomic E-state index is 14.0. The molecule has 0 radical (unpaired) electrons. The second-order valence-corrected chi connectivity index (χ2v) is 36.2. The molecular weight excluding hydrogens is 1660 g/mol. The second-order valence-electron chi connectivity index (χ2n) is 36.2. The first kappa shape index (κ1) is 118. The number of aryl methyl sites for hydroxylation is 3. The van der Waals surface area contributed by atoms with Crippen molar-refractivity contribution in [2.75, 3.05) is 58.9 Å². The van der Waals surface area contributed by atoms with Gasteiger partial charge in [-0.25, -0.2) is 28.8 Å². The van der Waals surface area contributed by atoms with Crippen molar-refractivity contribution < 1.29 is 95.5 Å². The second kappa shape index (κ2) is 50.6. The number of alkyl carbamates (subject to hydrolysis) is 2. The van der Waals surface area contributed by atoms with Crippen LogP contribution in [0.1, 0.15) is 265 Å². The number of piperidine rings is 1. The van der Waals surface area contributed by atoms with E-state index < -0.39 is 122 Å². The van der Waals surface area contributed by atoms with Crippen LogP contribution < -0.4 is 10.6 Å². The Bertz CT molecular complexity index is 4600. The monoisotopic (exact) mass is 1810 g/mol. The van der Waals surface area contributed by atoms with Crippen molar-refractivity contribution in [2.24, 2.45) is 0 Å². The van der Waals surface area contributed by atoms with Crippen LogP contribution in [0.3, 0.4) is 0 Å². The Labute approximate surface area is 772 Å². The lowest BCUT2D eigenvalue weighted by Crippen LogP contribution is -2.71. The summed E-state index contributed by atoms with van der Waals surface area (Å²) in [6.07, 6.45) is 3.77. The van der Waals surface area contributed by atoms with Gasteiger partial charge in [0.25, 0.3) is 35.4 Å². The zero-order chi connectivity index (χ0) is 94.0. The normalized spacial score (nSPS) is 18.4. The minimum Gasteiger partial charge on any atom is -0.445 e. The van der Waals surface area contributed by atoms with E-state index in [0.29, 0.717) is 36.1 Å². The van der Waals surface area contributed by atoms with E-state index in [1.54, 1.807) is 183 Å². The van der Waals surface area contributed by atoms with Crippen molar-refractivity contribution in [1.29, 1.82) is 5.26 Å². The molecular formula is C100H148N10O20. The molecule has 4 aromatic rings. The quantitative estimate of drug-likeness (QED) is 0.0419. The lowest BCUT2D eigenvalue weighted by atomic mass is 9.82. The molecule has 30 heteroatoms. The molecule has 718 valence electrons. The number of ether oxygens (including phenoxy) is 6. The molecule has 0 spiro atoms. The number of nitrogens with zero attached hydrogens (tertiary/aromatic N) is 8. The Balaban J connectivity index is 0.00000170. The molecule has 30 nitrogen and oxygen atoms in total. The summed E-state index contributed by atoms with van der Waals surface area (Å²) in [5.41, 5.74) is -4.41. The molecule has 4 atom stereocenters. The fourth-order valence-electron chi connectivity index (χ4n) is 14.3. The zero-order valence-corrected chi connectivity index (χ0v) is 76.3. The minimum atomic E-state index is -1.64. The molecule has 4 saturated heterocycles. The minimum absolute atomic E-state index is 0. The highest BCUT2D eigenvalue weighted by Crippen LogP contribution is 2.38. The van der Waals surface area contributed by atoms with Crippen LogP contribution in [-0.4, -0.2) is 227 Å². The van der Waals surface area contributed by atoms with E-state index in [4.69, 9.17) is 33.7 Å². The summed E-state index contributed by atoms with van der Waals surface area (Å²) in [4.78, 5) is 191. The molecule has 0 aliphatic carbocycles. The van der Waals surface area contributed by atoms with Crippen molar-refractivity contribution >= 4 is 83.6 Å². The Morgan fingerprint density at radius 3 is 1.04 bits per heavy atom. The Kier molecular flexibility index (Phi) is 45.8. The van der Waals surface area contributed by atoms with Gasteiger partial charge >= 0.3 is 36.6 Å². The van der Waals surface area contributed by atoms with Gasteiger partial charge in [-0.2, -0.15) is 5.26 Å². The van der Waals surface area contributed by atoms with Gasteiger partial charge in [-0.3, -0.25) is 67.9 Å². The summed E-state index contributed by atoms with van der Waals surface area (Å²) < 4.78 is 32.7. The van der Waals surface area contributed by atoms with Crippen LogP contribution in [0.2, 0.25) is 0 Å². The lowest BCUT2D eigenvalue weighted by molar-refractivity contribution is -0.148. The number of piperazine rings is 3. The number of imide groups is 3. The van der Waals surface area contributed by atoms with E-state index in [0.717, 1.165) is 27.2 Å². The topological polar surface area (TPSA) is 365 Å². The van der Waals surface area contributed by atoms with E-state index in [2.05, 4.69) is 36.9 Å². The third kappa shape index (κ3) is 32.7. The summed E-state index contributed by atoms with van der Waals surface area (Å²) in [6.45, 7) is 48.7. The van der Waals surface area contributed by atoms with Crippen molar-refractivity contribution in [2.45, 2.75) is 290 Å². The Morgan fingerprint density at radius 2 is 0.708 bits per heavy atom. The number of ketones is 2. The fraction of sp³-hybridized carbons (Fsp3) is 0.530. The van der Waals surface area contributed by atoms with Crippen LogP contribution in [0, 0.1) is 32.1 Å². The van der Waals surface area contributed by atoms with Crippen LogP contribution >= 0.6 is 0 Å². The van der Waals surface area contributed by atoms with Gasteiger partial charge in [-0.05, 0) is 218 Å². The molecule has 0 bridgehead atoms. The number of carbonyl (C=O) groups excluding carboxylic acids is 14. The summed E-state index contributed by atoms with van der Waals surface area (Å²) >= 11 is 0. The molecule has 4 aromatic carbocycles. The summed E-state index contributed by atoms with van der Waals surface area (Å²) in [5.74, 6) is -3.23. The van der Waals surface area contributed by atoms with Crippen LogP contribution in [-0.2, 0) is 59.0 Å². The van der Waals surface area contributed by atoms with Gasteiger partial charge in [0.05, 0.1) is 19.2 Å². The van der Waals surface area contributed by atoms with E-state index in [9.17, 15) is 67.1 Å². The van der Waals surface area contributed by atoms with Gasteiger partial charge in [0, 0.05) is 81.8 Å². The molecule has 8 rings (SSSR count). The predicted octanol–water partition coefficient (Wildman–Crippen LogP) is 18.8. The molecule has 0 aromatic heterocycles. The first-order chi connectivity index (χ1) is 58.2. The number of benzene rings is 4. The molecule has 4 aliphatic rings. The SMILES string of the molecule is C.C.C.C.C.C=CC[C@@]1(CCC#N)C(=O)N(C(=O)c2ccc(C)cc2)CCN1C(=O)OC(C)(C)C.C=CC[C@@]1(CCC(C)=O)C(=O)N(C(=O)c2ccc(C)cc2)CCN1C(=O)OC(C)(C)C.C=CC[C@@]1(CNC(=O)OC(C)(C)C)C(=O)CCCN1C(=O)OC(C)(C)C.C=CC[C@@]1(CNC(=O)OCc2ccccc2)C(=O)N(C(=O)c2ccc(C)cc2)CCN1C(=O)OC(C)(C)C. The number of amides is 12.